The van der Waals surface area contributed by atoms with Gasteiger partial charge in [0.1, 0.15) is 9.84 Å². The van der Waals surface area contributed by atoms with Gasteiger partial charge in [0, 0.05) is 18.1 Å². The van der Waals surface area contributed by atoms with Gasteiger partial charge in [-0.15, -0.1) is 0 Å². The molecule has 2 atom stereocenters. The zero-order valence-corrected chi connectivity index (χ0v) is 9.94. The van der Waals surface area contributed by atoms with E-state index in [2.05, 4.69) is 12.2 Å². The van der Waals surface area contributed by atoms with Crippen molar-refractivity contribution in [2.45, 2.75) is 38.6 Å². The Labute approximate surface area is 87.2 Å². The highest BCUT2D eigenvalue weighted by molar-refractivity contribution is 7.90. The van der Waals surface area contributed by atoms with Crippen molar-refractivity contribution in [3.63, 3.8) is 0 Å². The summed E-state index contributed by atoms with van der Waals surface area (Å²) < 4.78 is 21.8. The molecule has 1 aliphatic heterocycles. The van der Waals surface area contributed by atoms with Crippen molar-refractivity contribution >= 4 is 9.84 Å². The highest BCUT2D eigenvalue weighted by atomic mass is 32.2. The van der Waals surface area contributed by atoms with E-state index in [9.17, 15) is 8.42 Å². The van der Waals surface area contributed by atoms with Crippen LogP contribution in [0.15, 0.2) is 0 Å². The predicted molar refractivity (Wildman–Crippen MR) is 59.1 cm³/mol. The maximum Gasteiger partial charge on any atom is 0.147 e. The van der Waals surface area contributed by atoms with Crippen molar-refractivity contribution in [2.24, 2.45) is 5.92 Å². The Kier molecular flexibility index (Phi) is 4.38. The van der Waals surface area contributed by atoms with Crippen LogP contribution in [0.3, 0.4) is 0 Å². The zero-order chi connectivity index (χ0) is 10.6. The summed E-state index contributed by atoms with van der Waals surface area (Å²) >= 11 is 0. The first-order valence-electron chi connectivity index (χ1n) is 5.38. The summed E-state index contributed by atoms with van der Waals surface area (Å²) in [5, 5.41) is 3.46. The maximum absolute atomic E-state index is 10.9. The van der Waals surface area contributed by atoms with Gasteiger partial charge in [-0.1, -0.05) is 6.92 Å². The first kappa shape index (κ1) is 12.0. The Morgan fingerprint density at radius 1 is 1.36 bits per heavy atom. The molecule has 1 N–H and O–H groups in total. The molecular weight excluding hydrogens is 198 g/mol. The van der Waals surface area contributed by atoms with Crippen LogP contribution in [0.2, 0.25) is 0 Å². The van der Waals surface area contributed by atoms with Gasteiger partial charge < -0.3 is 5.32 Å². The Bertz CT molecular complexity index is 253. The van der Waals surface area contributed by atoms with Gasteiger partial charge in [0.05, 0.1) is 0 Å². The molecule has 0 amide bonds. The van der Waals surface area contributed by atoms with E-state index in [-0.39, 0.29) is 0 Å². The Hall–Kier alpha value is -0.0900. The molecule has 0 saturated carbocycles. The average Bonchev–Trinajstić information content (AvgIpc) is 2.06. The van der Waals surface area contributed by atoms with Crippen molar-refractivity contribution in [1.82, 2.24) is 5.32 Å². The van der Waals surface area contributed by atoms with Crippen LogP contribution in [0.1, 0.15) is 32.6 Å². The standard InChI is InChI=1S/C10H21NO2S/c1-9-5-6-10(11-8-9)4-3-7-14(2,12)13/h9-11H,3-8H2,1-2H3. The molecule has 84 valence electrons. The van der Waals surface area contributed by atoms with E-state index in [4.69, 9.17) is 0 Å². The smallest absolute Gasteiger partial charge is 0.147 e. The third kappa shape index (κ3) is 4.96. The molecule has 14 heavy (non-hydrogen) atoms. The van der Waals surface area contributed by atoms with Crippen LogP contribution < -0.4 is 5.32 Å². The molecule has 1 heterocycles. The van der Waals surface area contributed by atoms with Gasteiger partial charge in [-0.2, -0.15) is 0 Å². The second-order valence-corrected chi connectivity index (χ2v) is 6.82. The van der Waals surface area contributed by atoms with E-state index < -0.39 is 9.84 Å². The average molecular weight is 219 g/mol. The molecular formula is C10H21NO2S. The van der Waals surface area contributed by atoms with Crippen molar-refractivity contribution in [2.75, 3.05) is 18.6 Å². The van der Waals surface area contributed by atoms with Crippen LogP contribution >= 0.6 is 0 Å². The Morgan fingerprint density at radius 3 is 2.57 bits per heavy atom. The summed E-state index contributed by atoms with van der Waals surface area (Å²) in [6.07, 6.45) is 5.58. The third-order valence-electron chi connectivity index (χ3n) is 2.83. The van der Waals surface area contributed by atoms with Gasteiger partial charge >= 0.3 is 0 Å². The van der Waals surface area contributed by atoms with Gasteiger partial charge in [0.2, 0.25) is 0 Å². The normalized spacial score (nSPS) is 29.0. The van der Waals surface area contributed by atoms with Crippen LogP contribution in [-0.2, 0) is 9.84 Å². The SMILES string of the molecule is CC1CCC(CCCS(C)(=O)=O)NC1. The van der Waals surface area contributed by atoms with E-state index in [0.717, 1.165) is 25.3 Å². The van der Waals surface area contributed by atoms with Crippen molar-refractivity contribution in [3.05, 3.63) is 0 Å². The molecule has 1 rings (SSSR count). The minimum absolute atomic E-state index is 0.334. The van der Waals surface area contributed by atoms with Crippen molar-refractivity contribution in [1.29, 1.82) is 0 Å². The lowest BCUT2D eigenvalue weighted by Crippen LogP contribution is -2.38. The summed E-state index contributed by atoms with van der Waals surface area (Å²) in [6, 6.07) is 0.549. The monoisotopic (exact) mass is 219 g/mol. The van der Waals surface area contributed by atoms with E-state index in [0.29, 0.717) is 11.8 Å². The number of sulfone groups is 1. The fraction of sp³-hybridized carbons (Fsp3) is 1.00. The second-order valence-electron chi connectivity index (χ2n) is 4.56. The highest BCUT2D eigenvalue weighted by Gasteiger charge is 2.17. The fourth-order valence-corrected chi connectivity index (χ4v) is 2.59. The van der Waals surface area contributed by atoms with E-state index in [1.165, 1.54) is 19.1 Å². The first-order valence-corrected chi connectivity index (χ1v) is 7.44. The number of rotatable bonds is 4. The van der Waals surface area contributed by atoms with Crippen molar-refractivity contribution in [3.8, 4) is 0 Å². The summed E-state index contributed by atoms with van der Waals surface area (Å²) in [5.74, 6) is 1.11. The van der Waals surface area contributed by atoms with Crippen LogP contribution in [0.5, 0.6) is 0 Å². The van der Waals surface area contributed by atoms with Gasteiger partial charge in [-0.25, -0.2) is 8.42 Å². The quantitative estimate of drug-likeness (QED) is 0.773. The summed E-state index contributed by atoms with van der Waals surface area (Å²) in [5.41, 5.74) is 0. The number of hydrogen-bond donors (Lipinski definition) is 1. The van der Waals surface area contributed by atoms with Crippen LogP contribution in [0.4, 0.5) is 0 Å². The number of hydrogen-bond acceptors (Lipinski definition) is 3. The van der Waals surface area contributed by atoms with Crippen molar-refractivity contribution < 1.29 is 8.42 Å². The second kappa shape index (κ2) is 5.12. The van der Waals surface area contributed by atoms with Gasteiger partial charge in [-0.05, 0) is 38.1 Å². The molecule has 0 radical (unpaired) electrons. The lowest BCUT2D eigenvalue weighted by Gasteiger charge is -2.27. The maximum atomic E-state index is 10.9. The van der Waals surface area contributed by atoms with Crippen LogP contribution in [-0.4, -0.2) is 33.0 Å². The van der Waals surface area contributed by atoms with E-state index >= 15 is 0 Å². The Balaban J connectivity index is 2.14. The molecule has 2 unspecified atom stereocenters. The van der Waals surface area contributed by atoms with E-state index in [1.54, 1.807) is 0 Å². The van der Waals surface area contributed by atoms with Crippen LogP contribution in [0, 0.1) is 5.92 Å². The molecule has 0 spiro atoms. The van der Waals surface area contributed by atoms with E-state index in [1.807, 2.05) is 0 Å². The number of piperidine rings is 1. The highest BCUT2D eigenvalue weighted by Crippen LogP contribution is 2.16. The number of nitrogens with one attached hydrogen (secondary N) is 1. The molecule has 4 heteroatoms. The molecule has 1 saturated heterocycles. The molecule has 1 aliphatic rings. The molecule has 0 aliphatic carbocycles. The Morgan fingerprint density at radius 2 is 2.07 bits per heavy atom. The van der Waals surface area contributed by atoms with Crippen LogP contribution in [0.25, 0.3) is 0 Å². The first-order chi connectivity index (χ1) is 6.47. The largest absolute Gasteiger partial charge is 0.314 e. The topological polar surface area (TPSA) is 46.2 Å². The molecule has 1 fully saturated rings. The third-order valence-corrected chi connectivity index (χ3v) is 3.86. The summed E-state index contributed by atoms with van der Waals surface area (Å²) in [4.78, 5) is 0. The summed E-state index contributed by atoms with van der Waals surface area (Å²) in [7, 11) is -2.76. The predicted octanol–water partition coefficient (Wildman–Crippen LogP) is 1.20. The molecule has 0 bridgehead atoms. The lowest BCUT2D eigenvalue weighted by atomic mass is 9.94. The molecule has 0 aromatic rings. The van der Waals surface area contributed by atoms with Gasteiger partial charge in [0.25, 0.3) is 0 Å². The minimum atomic E-state index is -2.76. The molecule has 0 aromatic carbocycles. The summed E-state index contributed by atoms with van der Waals surface area (Å²) in [6.45, 7) is 3.34. The van der Waals surface area contributed by atoms with Gasteiger partial charge in [0.15, 0.2) is 0 Å². The lowest BCUT2D eigenvalue weighted by molar-refractivity contribution is 0.314. The minimum Gasteiger partial charge on any atom is -0.314 e. The van der Waals surface area contributed by atoms with Gasteiger partial charge in [-0.3, -0.25) is 0 Å². The fourth-order valence-electron chi connectivity index (χ4n) is 1.90. The molecule has 0 aromatic heterocycles. The zero-order valence-electron chi connectivity index (χ0n) is 9.12. The molecule has 3 nitrogen and oxygen atoms in total.